The molecule has 1 aromatic rings. The maximum Gasteiger partial charge on any atom is 0.345 e. The van der Waals surface area contributed by atoms with Crippen LogP contribution in [0.25, 0.3) is 6.08 Å². The van der Waals surface area contributed by atoms with Crippen LogP contribution in [-0.2, 0) is 19.5 Å². The van der Waals surface area contributed by atoms with Crippen molar-refractivity contribution in [2.45, 2.75) is 0 Å². The van der Waals surface area contributed by atoms with Crippen molar-refractivity contribution in [3.63, 3.8) is 0 Å². The molecule has 0 saturated heterocycles. The molecular weight excluding hydrogens is 425 g/mol. The number of hydrogen-bond acceptors (Lipinski definition) is 2. The molecule has 128 valence electrons. The van der Waals surface area contributed by atoms with Gasteiger partial charge in [-0.2, -0.15) is 16.8 Å². The van der Waals surface area contributed by atoms with E-state index in [0.29, 0.717) is 0 Å². The smallest absolute Gasteiger partial charge is 0.235 e. The van der Waals surface area contributed by atoms with Gasteiger partial charge in [0.05, 0.1) is 0 Å². The molecule has 0 saturated carbocycles. The summed E-state index contributed by atoms with van der Waals surface area (Å²) < 4.78 is 46.4. The number of nitrogens with zero attached hydrogens (tertiary/aromatic N) is 2. The van der Waals surface area contributed by atoms with E-state index in [9.17, 15) is 16.8 Å². The van der Waals surface area contributed by atoms with E-state index in [-0.39, 0.29) is 19.5 Å². The largest absolute Gasteiger partial charge is 0.345 e. The van der Waals surface area contributed by atoms with Crippen molar-refractivity contribution in [2.75, 3.05) is 28.2 Å². The Labute approximate surface area is 145 Å². The molecule has 0 aliphatic heterocycles. The SMILES string of the molecule is CN(C)P(F)F.CN(C)P(F)F.[CH]1C=Cc2ccccc21.[Rh]. The van der Waals surface area contributed by atoms with E-state index >= 15 is 0 Å². The van der Waals surface area contributed by atoms with Crippen LogP contribution in [0.3, 0.4) is 0 Å². The molecule has 0 spiro atoms. The molecular formula is C13H19F4N2P2Rh. The first-order valence-corrected chi connectivity index (χ1v) is 8.09. The Bertz CT molecular complexity index is 408. The molecule has 2 rings (SSSR count). The summed E-state index contributed by atoms with van der Waals surface area (Å²) >= 11 is 0. The van der Waals surface area contributed by atoms with Crippen LogP contribution in [0.15, 0.2) is 30.3 Å². The van der Waals surface area contributed by atoms with Crippen LogP contribution in [0.4, 0.5) is 16.8 Å². The second-order valence-electron chi connectivity index (χ2n) is 4.28. The van der Waals surface area contributed by atoms with Crippen LogP contribution in [-0.4, -0.2) is 37.5 Å². The summed E-state index contributed by atoms with van der Waals surface area (Å²) in [5, 5.41) is 0. The molecule has 9 heteroatoms. The molecule has 22 heavy (non-hydrogen) atoms. The molecule has 0 aromatic heterocycles. The molecule has 1 aromatic carbocycles. The minimum atomic E-state index is -2.83. The summed E-state index contributed by atoms with van der Waals surface area (Å²) in [5.41, 5.74) is 2.66. The topological polar surface area (TPSA) is 6.48 Å². The van der Waals surface area contributed by atoms with Crippen molar-refractivity contribution < 1.29 is 36.3 Å². The van der Waals surface area contributed by atoms with E-state index in [0.717, 1.165) is 9.34 Å². The monoisotopic (exact) mass is 444 g/mol. The predicted molar refractivity (Wildman–Crippen MR) is 84.5 cm³/mol. The normalized spacial score (nSPS) is 11.6. The van der Waals surface area contributed by atoms with Crippen molar-refractivity contribution >= 4 is 23.5 Å². The molecule has 0 atom stereocenters. The van der Waals surface area contributed by atoms with Gasteiger partial charge in [0.1, 0.15) is 0 Å². The molecule has 2 radical (unpaired) electrons. The molecule has 1 aliphatic rings. The second-order valence-corrected chi connectivity index (χ2v) is 6.74. The van der Waals surface area contributed by atoms with Gasteiger partial charge in [-0.1, -0.05) is 36.4 Å². The van der Waals surface area contributed by atoms with Gasteiger partial charge in [-0.15, -0.1) is 0 Å². The van der Waals surface area contributed by atoms with Crippen LogP contribution in [0.2, 0.25) is 0 Å². The number of fused-ring (bicyclic) bond motifs is 1. The van der Waals surface area contributed by atoms with Gasteiger partial charge in [0, 0.05) is 25.9 Å². The fraction of sp³-hybridized carbons (Fsp3) is 0.308. The van der Waals surface area contributed by atoms with E-state index in [4.69, 9.17) is 0 Å². The quantitative estimate of drug-likeness (QED) is 0.329. The van der Waals surface area contributed by atoms with Crippen molar-refractivity contribution in [1.29, 1.82) is 0 Å². The van der Waals surface area contributed by atoms with Gasteiger partial charge in [0.25, 0.3) is 0 Å². The molecule has 0 unspecified atom stereocenters. The van der Waals surface area contributed by atoms with E-state index in [2.05, 4.69) is 42.8 Å². The van der Waals surface area contributed by atoms with Crippen molar-refractivity contribution in [1.82, 2.24) is 9.34 Å². The maximum atomic E-state index is 11.1. The van der Waals surface area contributed by atoms with Gasteiger partial charge < -0.3 is 0 Å². The Morgan fingerprint density at radius 2 is 1.14 bits per heavy atom. The summed E-state index contributed by atoms with van der Waals surface area (Å²) in [6.45, 7) is 0. The zero-order valence-electron chi connectivity index (χ0n) is 12.7. The molecule has 0 amide bonds. The van der Waals surface area contributed by atoms with Crippen molar-refractivity contribution in [2.24, 2.45) is 0 Å². The Morgan fingerprint density at radius 3 is 1.45 bits per heavy atom. The van der Waals surface area contributed by atoms with Crippen LogP contribution in [0.5, 0.6) is 0 Å². The molecule has 0 fully saturated rings. The van der Waals surface area contributed by atoms with Gasteiger partial charge in [0.15, 0.2) is 0 Å². The third kappa shape index (κ3) is 11.6. The van der Waals surface area contributed by atoms with Gasteiger partial charge in [0.2, 0.25) is 0 Å². The fourth-order valence-electron chi connectivity index (χ4n) is 1.07. The Morgan fingerprint density at radius 1 is 0.773 bits per heavy atom. The van der Waals surface area contributed by atoms with Gasteiger partial charge >= 0.3 is 17.4 Å². The number of rotatable bonds is 2. The summed E-state index contributed by atoms with van der Waals surface area (Å²) in [4.78, 5) is 0. The number of halogens is 4. The first kappa shape index (κ1) is 24.3. The number of allylic oxidation sites excluding steroid dienone is 1. The third-order valence-corrected chi connectivity index (χ3v) is 3.36. The second kappa shape index (κ2) is 13.5. The van der Waals surface area contributed by atoms with Gasteiger partial charge in [-0.25, -0.2) is 9.34 Å². The maximum absolute atomic E-state index is 11.1. The van der Waals surface area contributed by atoms with Crippen LogP contribution in [0.1, 0.15) is 11.1 Å². The third-order valence-electron chi connectivity index (χ3n) is 2.15. The predicted octanol–water partition coefficient (Wildman–Crippen LogP) is 5.69. The van der Waals surface area contributed by atoms with Gasteiger partial charge in [-0.3, -0.25) is 0 Å². The van der Waals surface area contributed by atoms with Crippen molar-refractivity contribution in [3.8, 4) is 0 Å². The van der Waals surface area contributed by atoms with E-state index in [1.54, 1.807) is 0 Å². The summed E-state index contributed by atoms with van der Waals surface area (Å²) in [6.07, 6.45) is 6.31. The molecule has 2 nitrogen and oxygen atoms in total. The van der Waals surface area contributed by atoms with Crippen LogP contribution >= 0.6 is 17.4 Å². The van der Waals surface area contributed by atoms with Crippen LogP contribution < -0.4 is 0 Å². The minimum Gasteiger partial charge on any atom is -0.235 e. The van der Waals surface area contributed by atoms with E-state index in [1.807, 2.05) is 0 Å². The first-order valence-electron chi connectivity index (χ1n) is 5.94. The zero-order valence-corrected chi connectivity index (χ0v) is 16.1. The summed E-state index contributed by atoms with van der Waals surface area (Å²) in [5.74, 6) is 0. The Kier molecular flexibility index (Phi) is 15.0. The van der Waals surface area contributed by atoms with Gasteiger partial charge in [-0.05, 0) is 39.3 Å². The Hall–Kier alpha value is 0.0834. The first-order chi connectivity index (χ1) is 9.75. The molecule has 0 bridgehead atoms. The average molecular weight is 444 g/mol. The van der Waals surface area contributed by atoms with Crippen LogP contribution in [0, 0.1) is 6.42 Å². The Balaban J connectivity index is 0. The summed E-state index contributed by atoms with van der Waals surface area (Å²) in [7, 11) is -0.241. The van der Waals surface area contributed by atoms with E-state index < -0.39 is 17.4 Å². The average Bonchev–Trinajstić information content (AvgIpc) is 2.88. The summed E-state index contributed by atoms with van der Waals surface area (Å²) in [6, 6.07) is 8.36. The molecule has 1 aliphatic carbocycles. The van der Waals surface area contributed by atoms with E-state index in [1.165, 1.54) is 39.3 Å². The molecule has 0 heterocycles. The standard InChI is InChI=1S/C9H7.2C2H6F2NP.Rh/c1-2-5-9-7-3-6-8(9)4-1;2*1-5(2)6(3)4;/h1-7H;2*1-2H3;. The number of hydrogen-bond donors (Lipinski definition) is 0. The minimum absolute atomic E-state index is 0. The van der Waals surface area contributed by atoms with Crippen molar-refractivity contribution in [3.05, 3.63) is 47.9 Å². The number of benzene rings is 1. The fourth-order valence-corrected chi connectivity index (χ4v) is 1.07. The molecule has 0 N–H and O–H groups in total. The zero-order chi connectivity index (χ0) is 16.4.